The zero-order valence-electron chi connectivity index (χ0n) is 14.5. The van der Waals surface area contributed by atoms with Crippen LogP contribution in [0.1, 0.15) is 38.9 Å². The summed E-state index contributed by atoms with van der Waals surface area (Å²) in [6.07, 6.45) is 3.93. The number of hydrogen-bond donors (Lipinski definition) is 3. The third kappa shape index (κ3) is 4.11. The van der Waals surface area contributed by atoms with Gasteiger partial charge in [0.2, 0.25) is 11.9 Å². The van der Waals surface area contributed by atoms with Crippen molar-refractivity contribution in [2.45, 2.75) is 45.3 Å². The summed E-state index contributed by atoms with van der Waals surface area (Å²) in [5.74, 6) is 0.328. The normalized spacial score (nSPS) is 17.9. The van der Waals surface area contributed by atoms with Crippen molar-refractivity contribution in [1.82, 2.24) is 24.7 Å². The van der Waals surface area contributed by atoms with Gasteiger partial charge in [0.05, 0.1) is 11.9 Å². The van der Waals surface area contributed by atoms with Crippen LogP contribution in [0.2, 0.25) is 0 Å². The molecule has 0 saturated heterocycles. The van der Waals surface area contributed by atoms with Crippen molar-refractivity contribution in [2.75, 3.05) is 10.6 Å². The second kappa shape index (κ2) is 7.14. The van der Waals surface area contributed by atoms with Crippen molar-refractivity contribution in [3.8, 4) is 0 Å². The highest BCUT2D eigenvalue weighted by atomic mass is 19.1. The van der Waals surface area contributed by atoms with E-state index in [0.29, 0.717) is 42.4 Å². The molecule has 0 spiro atoms. The minimum atomic E-state index is -1.09. The van der Waals surface area contributed by atoms with Gasteiger partial charge in [-0.25, -0.2) is 4.39 Å². The Kier molecular flexibility index (Phi) is 4.93. The van der Waals surface area contributed by atoms with Crippen LogP contribution < -0.4 is 10.6 Å². The first-order chi connectivity index (χ1) is 11.9. The van der Waals surface area contributed by atoms with E-state index in [2.05, 4.69) is 30.7 Å². The minimum Gasteiger partial charge on any atom is -0.386 e. The van der Waals surface area contributed by atoms with Crippen LogP contribution in [-0.2, 0) is 7.05 Å². The van der Waals surface area contributed by atoms with E-state index < -0.39 is 11.9 Å². The molecule has 2 aromatic heterocycles. The van der Waals surface area contributed by atoms with Crippen molar-refractivity contribution in [1.29, 1.82) is 0 Å². The molecule has 0 radical (unpaired) electrons. The van der Waals surface area contributed by atoms with E-state index in [0.717, 1.165) is 0 Å². The standard InChI is InChI=1S/C16H22FN7O/c1-9(2)19-15-21-14(11-5-4-6-12(25)13(11)17)22-16(23-15)20-10-7-18-24(3)8-10/h7-9,12,25H,4-6H2,1-3H3,(H2,19,20,21,22,23). The predicted molar refractivity (Wildman–Crippen MR) is 93.0 cm³/mol. The highest BCUT2D eigenvalue weighted by Gasteiger charge is 2.25. The Morgan fingerprint density at radius 2 is 2.04 bits per heavy atom. The minimum absolute atomic E-state index is 0.109. The molecule has 0 aliphatic heterocycles. The van der Waals surface area contributed by atoms with E-state index >= 15 is 0 Å². The molecule has 0 bridgehead atoms. The number of rotatable bonds is 5. The second-order valence-corrected chi connectivity index (χ2v) is 6.37. The number of nitrogens with zero attached hydrogens (tertiary/aromatic N) is 5. The fourth-order valence-corrected chi connectivity index (χ4v) is 2.64. The lowest BCUT2D eigenvalue weighted by Crippen LogP contribution is -2.18. The average Bonchev–Trinajstić information content (AvgIpc) is 2.94. The summed E-state index contributed by atoms with van der Waals surface area (Å²) in [5.41, 5.74) is 1.05. The Balaban J connectivity index is 1.99. The van der Waals surface area contributed by atoms with Crippen molar-refractivity contribution in [2.24, 2.45) is 7.05 Å². The third-order valence-electron chi connectivity index (χ3n) is 3.77. The Hall–Kier alpha value is -2.55. The van der Waals surface area contributed by atoms with Gasteiger partial charge in [-0.1, -0.05) is 0 Å². The Bertz CT molecular complexity index is 787. The molecular weight excluding hydrogens is 325 g/mol. The van der Waals surface area contributed by atoms with Gasteiger partial charge in [0.1, 0.15) is 11.9 Å². The zero-order valence-corrected chi connectivity index (χ0v) is 14.5. The van der Waals surface area contributed by atoms with Crippen LogP contribution >= 0.6 is 0 Å². The smallest absolute Gasteiger partial charge is 0.232 e. The molecule has 134 valence electrons. The molecule has 1 unspecified atom stereocenters. The monoisotopic (exact) mass is 347 g/mol. The van der Waals surface area contributed by atoms with Crippen molar-refractivity contribution in [3.63, 3.8) is 0 Å². The number of hydrogen-bond acceptors (Lipinski definition) is 7. The lowest BCUT2D eigenvalue weighted by Gasteiger charge is -2.19. The van der Waals surface area contributed by atoms with Crippen LogP contribution in [0, 0.1) is 0 Å². The summed E-state index contributed by atoms with van der Waals surface area (Å²) in [4.78, 5) is 13.0. The first-order valence-electron chi connectivity index (χ1n) is 8.27. The largest absolute Gasteiger partial charge is 0.386 e. The quantitative estimate of drug-likeness (QED) is 0.763. The maximum absolute atomic E-state index is 14.4. The second-order valence-electron chi connectivity index (χ2n) is 6.37. The van der Waals surface area contributed by atoms with Gasteiger partial charge < -0.3 is 15.7 Å². The summed E-state index contributed by atoms with van der Waals surface area (Å²) in [7, 11) is 1.80. The van der Waals surface area contributed by atoms with Crippen LogP contribution in [0.5, 0.6) is 0 Å². The molecule has 0 amide bonds. The highest BCUT2D eigenvalue weighted by molar-refractivity contribution is 5.66. The zero-order chi connectivity index (χ0) is 18.0. The molecule has 2 heterocycles. The van der Waals surface area contributed by atoms with Gasteiger partial charge in [-0.3, -0.25) is 4.68 Å². The molecule has 3 N–H and O–H groups in total. The molecule has 3 rings (SSSR count). The summed E-state index contributed by atoms with van der Waals surface area (Å²) in [6.45, 7) is 3.92. The lowest BCUT2D eigenvalue weighted by molar-refractivity contribution is 0.165. The van der Waals surface area contributed by atoms with E-state index in [4.69, 9.17) is 0 Å². The van der Waals surface area contributed by atoms with Gasteiger partial charge >= 0.3 is 0 Å². The highest BCUT2D eigenvalue weighted by Crippen LogP contribution is 2.32. The van der Waals surface area contributed by atoms with E-state index in [9.17, 15) is 9.50 Å². The third-order valence-corrected chi connectivity index (χ3v) is 3.77. The Morgan fingerprint density at radius 1 is 1.28 bits per heavy atom. The van der Waals surface area contributed by atoms with Gasteiger partial charge in [0.15, 0.2) is 5.82 Å². The molecular formula is C16H22FN7O. The first-order valence-corrected chi connectivity index (χ1v) is 8.27. The fourth-order valence-electron chi connectivity index (χ4n) is 2.64. The van der Waals surface area contributed by atoms with Crippen LogP contribution in [0.3, 0.4) is 0 Å². The lowest BCUT2D eigenvalue weighted by atomic mass is 9.96. The number of aromatic nitrogens is 5. The van der Waals surface area contributed by atoms with Gasteiger partial charge in [-0.15, -0.1) is 0 Å². The number of aliphatic hydroxyl groups is 1. The molecule has 0 fully saturated rings. The fraction of sp³-hybridized carbons (Fsp3) is 0.500. The first kappa shape index (κ1) is 17.3. The van der Waals surface area contributed by atoms with Crippen molar-refractivity contribution < 1.29 is 9.50 Å². The number of aryl methyl sites for hydroxylation is 1. The maximum atomic E-state index is 14.4. The molecule has 1 aliphatic carbocycles. The molecule has 0 saturated carbocycles. The average molecular weight is 347 g/mol. The van der Waals surface area contributed by atoms with E-state index in [1.54, 1.807) is 24.1 Å². The van der Waals surface area contributed by atoms with Crippen LogP contribution in [0.15, 0.2) is 18.2 Å². The molecule has 1 aliphatic rings. The topological polar surface area (TPSA) is 101 Å². The Labute approximate surface area is 145 Å². The number of halogens is 1. The van der Waals surface area contributed by atoms with Crippen LogP contribution in [0.25, 0.3) is 5.57 Å². The van der Waals surface area contributed by atoms with Gasteiger partial charge in [-0.05, 0) is 33.1 Å². The number of nitrogens with one attached hydrogen (secondary N) is 2. The van der Waals surface area contributed by atoms with Crippen molar-refractivity contribution >= 4 is 23.2 Å². The SMILES string of the molecule is CC(C)Nc1nc(Nc2cnn(C)c2)nc(C2=C(F)C(O)CCC2)n1. The summed E-state index contributed by atoms with van der Waals surface area (Å²) in [6, 6.07) is 0.109. The van der Waals surface area contributed by atoms with Crippen LogP contribution in [0.4, 0.5) is 22.0 Å². The molecule has 8 nitrogen and oxygen atoms in total. The van der Waals surface area contributed by atoms with Gasteiger partial charge in [0.25, 0.3) is 0 Å². The molecule has 0 aromatic carbocycles. The van der Waals surface area contributed by atoms with E-state index in [1.807, 2.05) is 13.8 Å². The Morgan fingerprint density at radius 3 is 2.72 bits per heavy atom. The molecule has 9 heteroatoms. The number of allylic oxidation sites excluding steroid dienone is 1. The molecule has 2 aromatic rings. The number of aliphatic hydroxyl groups excluding tert-OH is 1. The number of anilines is 3. The summed E-state index contributed by atoms with van der Waals surface area (Å²) < 4.78 is 16.0. The predicted octanol–water partition coefficient (Wildman–Crippen LogP) is 2.39. The van der Waals surface area contributed by atoms with Crippen LogP contribution in [-0.4, -0.2) is 42.0 Å². The molecule has 1 atom stereocenters. The van der Waals surface area contributed by atoms with Crippen molar-refractivity contribution in [3.05, 3.63) is 24.0 Å². The van der Waals surface area contributed by atoms with E-state index in [1.165, 1.54) is 0 Å². The molecule has 25 heavy (non-hydrogen) atoms. The van der Waals surface area contributed by atoms with E-state index in [-0.39, 0.29) is 11.9 Å². The van der Waals surface area contributed by atoms with Gasteiger partial charge in [0, 0.05) is 24.9 Å². The maximum Gasteiger partial charge on any atom is 0.232 e. The van der Waals surface area contributed by atoms with Gasteiger partial charge in [-0.2, -0.15) is 20.1 Å². The summed E-state index contributed by atoms with van der Waals surface area (Å²) >= 11 is 0. The summed E-state index contributed by atoms with van der Waals surface area (Å²) in [5, 5.41) is 20.0.